The third-order valence-corrected chi connectivity index (χ3v) is 3.90. The van der Waals surface area contributed by atoms with Crippen molar-refractivity contribution in [3.05, 3.63) is 47.8 Å². The summed E-state index contributed by atoms with van der Waals surface area (Å²) in [6.07, 6.45) is 0.846. The van der Waals surface area contributed by atoms with Crippen LogP contribution in [0, 0.1) is 5.82 Å². The number of methoxy groups -OCH3 is 2. The van der Waals surface area contributed by atoms with Crippen molar-refractivity contribution in [2.45, 2.75) is 12.8 Å². The van der Waals surface area contributed by atoms with Crippen LogP contribution < -0.4 is 14.9 Å². The molecule has 124 valence electrons. The number of ether oxygens (including phenoxy) is 2. The van der Waals surface area contributed by atoms with Crippen LogP contribution in [-0.4, -0.2) is 25.8 Å². The highest BCUT2D eigenvalue weighted by Gasteiger charge is 2.18. The number of carbonyl (C=O) groups is 1. The Hall–Kier alpha value is -2.89. The lowest BCUT2D eigenvalue weighted by Crippen LogP contribution is -2.25. The first kappa shape index (κ1) is 16.0. The second-order valence-corrected chi connectivity index (χ2v) is 5.33. The highest BCUT2D eigenvalue weighted by atomic mass is 19.1. The zero-order valence-corrected chi connectivity index (χ0v) is 13.4. The maximum absolute atomic E-state index is 14.7. The van der Waals surface area contributed by atoms with Crippen molar-refractivity contribution >= 4 is 11.6 Å². The number of nitrogens with one attached hydrogen (secondary N) is 1. The first-order valence-corrected chi connectivity index (χ1v) is 7.50. The van der Waals surface area contributed by atoms with Gasteiger partial charge in [0.25, 0.3) is 0 Å². The van der Waals surface area contributed by atoms with E-state index in [1.54, 1.807) is 30.3 Å². The van der Waals surface area contributed by atoms with Crippen LogP contribution in [0.3, 0.4) is 0 Å². The second-order valence-electron chi connectivity index (χ2n) is 5.33. The minimum Gasteiger partial charge on any atom is -0.493 e. The second kappa shape index (κ2) is 6.70. The molecule has 0 unspecified atom stereocenters. The summed E-state index contributed by atoms with van der Waals surface area (Å²) in [5, 5.41) is 3.99. The van der Waals surface area contributed by atoms with Crippen molar-refractivity contribution in [3.63, 3.8) is 0 Å². The van der Waals surface area contributed by atoms with Crippen molar-refractivity contribution in [2.75, 3.05) is 14.2 Å². The Balaban J connectivity index is 2.01. The zero-order valence-electron chi connectivity index (χ0n) is 13.4. The van der Waals surface area contributed by atoms with Crippen molar-refractivity contribution in [1.82, 2.24) is 5.43 Å². The molecule has 2 aromatic carbocycles. The van der Waals surface area contributed by atoms with Gasteiger partial charge in [0, 0.05) is 29.5 Å². The Kier molecular flexibility index (Phi) is 4.46. The normalized spacial score (nSPS) is 14.0. The molecule has 2 aromatic rings. The summed E-state index contributed by atoms with van der Waals surface area (Å²) in [6.45, 7) is 0. The lowest BCUT2D eigenvalue weighted by molar-refractivity contribution is -0.121. The molecule has 5 nitrogen and oxygen atoms in total. The standard InChI is InChI=1S/C18H17FN2O3/c1-23-16-5-3-4-13(18(16)24-2)12-7-6-11(10-14(12)19)15-8-9-17(22)21-20-15/h3-7,10H,8-9H2,1-2H3,(H,21,22). The molecule has 0 aliphatic carbocycles. The number of nitrogens with zero attached hydrogens (tertiary/aromatic N) is 1. The summed E-state index contributed by atoms with van der Waals surface area (Å²) in [7, 11) is 3.06. The summed E-state index contributed by atoms with van der Waals surface area (Å²) in [5.41, 5.74) is 4.76. The largest absolute Gasteiger partial charge is 0.493 e. The molecule has 1 heterocycles. The SMILES string of the molecule is COc1cccc(-c2ccc(C3=NNC(=O)CC3)cc2F)c1OC. The number of amides is 1. The smallest absolute Gasteiger partial charge is 0.240 e. The molecule has 3 rings (SSSR count). The predicted molar refractivity (Wildman–Crippen MR) is 88.9 cm³/mol. The Morgan fingerprint density at radius 1 is 1.08 bits per heavy atom. The van der Waals surface area contributed by atoms with Gasteiger partial charge >= 0.3 is 0 Å². The third kappa shape index (κ3) is 2.95. The summed E-state index contributed by atoms with van der Waals surface area (Å²) >= 11 is 0. The Bertz CT molecular complexity index is 818. The van der Waals surface area contributed by atoms with E-state index in [0.717, 1.165) is 0 Å². The first-order valence-electron chi connectivity index (χ1n) is 7.50. The molecule has 1 aliphatic rings. The molecule has 0 saturated heterocycles. The van der Waals surface area contributed by atoms with Crippen LogP contribution in [0.5, 0.6) is 11.5 Å². The van der Waals surface area contributed by atoms with E-state index in [-0.39, 0.29) is 5.91 Å². The maximum atomic E-state index is 14.7. The van der Waals surface area contributed by atoms with E-state index in [4.69, 9.17) is 9.47 Å². The molecular formula is C18H17FN2O3. The molecule has 0 fully saturated rings. The van der Waals surface area contributed by atoms with Gasteiger partial charge in [-0.25, -0.2) is 9.82 Å². The average molecular weight is 328 g/mol. The van der Waals surface area contributed by atoms with E-state index in [1.165, 1.54) is 20.3 Å². The molecule has 6 heteroatoms. The van der Waals surface area contributed by atoms with Crippen molar-refractivity contribution in [1.29, 1.82) is 0 Å². The summed E-state index contributed by atoms with van der Waals surface area (Å²) in [4.78, 5) is 11.2. The number of rotatable bonds is 4. The molecule has 1 amide bonds. The van der Waals surface area contributed by atoms with Crippen molar-refractivity contribution in [2.24, 2.45) is 5.10 Å². The highest BCUT2D eigenvalue weighted by molar-refractivity contribution is 6.04. The summed E-state index contributed by atoms with van der Waals surface area (Å²) in [5.74, 6) is 0.502. The Morgan fingerprint density at radius 3 is 2.54 bits per heavy atom. The van der Waals surface area contributed by atoms with Gasteiger partial charge in [0.2, 0.25) is 5.91 Å². The zero-order chi connectivity index (χ0) is 17.1. The first-order chi connectivity index (χ1) is 11.6. The topological polar surface area (TPSA) is 59.9 Å². The number of hydrogen-bond donors (Lipinski definition) is 1. The molecule has 1 aliphatic heterocycles. The third-order valence-electron chi connectivity index (χ3n) is 3.90. The minimum absolute atomic E-state index is 0.128. The van der Waals surface area contributed by atoms with E-state index in [2.05, 4.69) is 10.5 Å². The van der Waals surface area contributed by atoms with E-state index >= 15 is 0 Å². The number of hydrogen-bond acceptors (Lipinski definition) is 4. The molecule has 0 aromatic heterocycles. The number of para-hydroxylation sites is 1. The summed E-state index contributed by atoms with van der Waals surface area (Å²) in [6, 6.07) is 10.2. The number of hydrazone groups is 1. The molecule has 1 N–H and O–H groups in total. The van der Waals surface area contributed by atoms with Crippen LogP contribution in [0.2, 0.25) is 0 Å². The summed E-state index contributed by atoms with van der Waals surface area (Å²) < 4.78 is 25.3. The molecule has 0 atom stereocenters. The van der Waals surface area contributed by atoms with Gasteiger partial charge in [0.15, 0.2) is 11.5 Å². The average Bonchev–Trinajstić information content (AvgIpc) is 2.61. The lowest BCUT2D eigenvalue weighted by atomic mass is 9.98. The van der Waals surface area contributed by atoms with Gasteiger partial charge in [0.1, 0.15) is 5.82 Å². The van der Waals surface area contributed by atoms with E-state index in [1.807, 2.05) is 0 Å². The van der Waals surface area contributed by atoms with Gasteiger partial charge in [-0.15, -0.1) is 0 Å². The number of halogens is 1. The Morgan fingerprint density at radius 2 is 1.92 bits per heavy atom. The van der Waals surface area contributed by atoms with Gasteiger partial charge in [-0.3, -0.25) is 4.79 Å². The lowest BCUT2D eigenvalue weighted by Gasteiger charge is -2.15. The quantitative estimate of drug-likeness (QED) is 0.938. The highest BCUT2D eigenvalue weighted by Crippen LogP contribution is 2.39. The van der Waals surface area contributed by atoms with Crippen molar-refractivity contribution < 1.29 is 18.7 Å². The van der Waals surface area contributed by atoms with Crippen LogP contribution in [0.15, 0.2) is 41.5 Å². The van der Waals surface area contributed by atoms with E-state index < -0.39 is 5.82 Å². The number of carbonyl (C=O) groups excluding carboxylic acids is 1. The molecular weight excluding hydrogens is 311 g/mol. The fourth-order valence-electron chi connectivity index (χ4n) is 2.69. The molecule has 0 radical (unpaired) electrons. The van der Waals surface area contributed by atoms with Gasteiger partial charge < -0.3 is 9.47 Å². The molecule has 0 bridgehead atoms. The maximum Gasteiger partial charge on any atom is 0.240 e. The fraction of sp³-hybridized carbons (Fsp3) is 0.222. The predicted octanol–water partition coefficient (Wildman–Crippen LogP) is 3.12. The van der Waals surface area contributed by atoms with Gasteiger partial charge in [-0.05, 0) is 12.1 Å². The fourth-order valence-corrected chi connectivity index (χ4v) is 2.69. The van der Waals surface area contributed by atoms with Crippen molar-refractivity contribution in [3.8, 4) is 22.6 Å². The Labute approximate surface area is 139 Å². The molecule has 0 saturated carbocycles. The molecule has 24 heavy (non-hydrogen) atoms. The van der Waals surface area contributed by atoms with Gasteiger partial charge in [0.05, 0.1) is 19.9 Å². The van der Waals surface area contributed by atoms with E-state index in [9.17, 15) is 9.18 Å². The monoisotopic (exact) mass is 328 g/mol. The molecule has 0 spiro atoms. The van der Waals surface area contributed by atoms with Crippen LogP contribution in [0.4, 0.5) is 4.39 Å². The van der Waals surface area contributed by atoms with E-state index in [0.29, 0.717) is 46.7 Å². The van der Waals surface area contributed by atoms with Gasteiger partial charge in [-0.1, -0.05) is 24.3 Å². The van der Waals surface area contributed by atoms with Crippen LogP contribution in [0.1, 0.15) is 18.4 Å². The van der Waals surface area contributed by atoms with Crippen LogP contribution >= 0.6 is 0 Å². The van der Waals surface area contributed by atoms with Gasteiger partial charge in [-0.2, -0.15) is 5.10 Å². The van der Waals surface area contributed by atoms with Crippen LogP contribution in [0.25, 0.3) is 11.1 Å². The minimum atomic E-state index is -0.390. The number of benzene rings is 2. The van der Waals surface area contributed by atoms with Crippen LogP contribution in [-0.2, 0) is 4.79 Å².